The molecule has 246 valence electrons. The van der Waals surface area contributed by atoms with Crippen molar-refractivity contribution in [2.24, 2.45) is 4.99 Å². The average molecular weight is 654 g/mol. The SMILES string of the molecule is CC(C)(C)OC(=O)N1CCC[C@H]1C1=NC=C(c2cc3ccc4cc(-c5cnc([C@@H]6CCCN6C(=O)OC(C)(C)C)[nH]5)ccc4c3s2)C1. The lowest BCUT2D eigenvalue weighted by Gasteiger charge is -2.28. The Morgan fingerprint density at radius 1 is 0.872 bits per heavy atom. The molecule has 0 bridgehead atoms. The monoisotopic (exact) mass is 653 g/mol. The summed E-state index contributed by atoms with van der Waals surface area (Å²) in [5, 5.41) is 3.58. The van der Waals surface area contributed by atoms with Crippen LogP contribution in [0.2, 0.25) is 0 Å². The third-order valence-electron chi connectivity index (χ3n) is 8.94. The van der Waals surface area contributed by atoms with Crippen molar-refractivity contribution in [3.8, 4) is 11.3 Å². The molecule has 0 radical (unpaired) electrons. The number of imidazole rings is 1. The van der Waals surface area contributed by atoms with Crippen LogP contribution in [0.25, 0.3) is 37.7 Å². The minimum atomic E-state index is -0.538. The van der Waals surface area contributed by atoms with Crippen LogP contribution in [-0.2, 0) is 9.47 Å². The van der Waals surface area contributed by atoms with Gasteiger partial charge in [-0.3, -0.25) is 14.8 Å². The van der Waals surface area contributed by atoms with Crippen LogP contribution in [0.5, 0.6) is 0 Å². The number of hydrogen-bond donors (Lipinski definition) is 1. The Labute approximate surface area is 279 Å². The molecule has 0 unspecified atom stereocenters. The van der Waals surface area contributed by atoms with Gasteiger partial charge in [0.2, 0.25) is 0 Å². The van der Waals surface area contributed by atoms with E-state index < -0.39 is 11.2 Å². The molecule has 2 amide bonds. The first kappa shape index (κ1) is 31.4. The summed E-state index contributed by atoms with van der Waals surface area (Å²) in [5.41, 5.74) is 3.16. The number of H-pyrrole nitrogens is 1. The molecule has 2 aromatic carbocycles. The van der Waals surface area contributed by atoms with Gasteiger partial charge < -0.3 is 14.5 Å². The van der Waals surface area contributed by atoms with Gasteiger partial charge in [-0.2, -0.15) is 0 Å². The molecule has 0 spiro atoms. The summed E-state index contributed by atoms with van der Waals surface area (Å²) >= 11 is 1.80. The number of amides is 2. The maximum absolute atomic E-state index is 12.9. The molecule has 3 aliphatic rings. The van der Waals surface area contributed by atoms with Crippen LogP contribution in [0.1, 0.15) is 90.4 Å². The lowest BCUT2D eigenvalue weighted by Crippen LogP contribution is -2.43. The summed E-state index contributed by atoms with van der Waals surface area (Å²) in [5.74, 6) is 0.792. The van der Waals surface area contributed by atoms with Gasteiger partial charge in [0.05, 0.1) is 24.0 Å². The third-order valence-corrected chi connectivity index (χ3v) is 10.2. The molecule has 7 rings (SSSR count). The van der Waals surface area contributed by atoms with Gasteiger partial charge in [-0.1, -0.05) is 24.3 Å². The molecular formula is C37H43N5O4S. The van der Waals surface area contributed by atoms with Crippen molar-refractivity contribution in [1.82, 2.24) is 19.8 Å². The van der Waals surface area contributed by atoms with E-state index in [1.165, 1.54) is 25.9 Å². The molecule has 9 nitrogen and oxygen atoms in total. The fourth-order valence-electron chi connectivity index (χ4n) is 6.85. The Balaban J connectivity index is 1.07. The second-order valence-electron chi connectivity index (χ2n) is 14.8. The molecule has 47 heavy (non-hydrogen) atoms. The van der Waals surface area contributed by atoms with Gasteiger partial charge in [0.15, 0.2) is 0 Å². The Morgan fingerprint density at radius 2 is 1.53 bits per heavy atom. The molecule has 0 saturated carbocycles. The number of fused-ring (bicyclic) bond motifs is 3. The third kappa shape index (κ3) is 6.40. The van der Waals surface area contributed by atoms with Crippen LogP contribution >= 0.6 is 11.3 Å². The molecular weight excluding hydrogens is 611 g/mol. The number of ether oxygens (including phenoxy) is 2. The second kappa shape index (κ2) is 11.8. The zero-order chi connectivity index (χ0) is 33.1. The summed E-state index contributed by atoms with van der Waals surface area (Å²) in [4.78, 5) is 43.6. The highest BCUT2D eigenvalue weighted by Crippen LogP contribution is 2.40. The Bertz CT molecular complexity index is 1920. The number of carbonyl (C=O) groups excluding carboxylic acids is 2. The molecule has 2 saturated heterocycles. The molecule has 2 aromatic heterocycles. The lowest BCUT2D eigenvalue weighted by molar-refractivity contribution is 0.0216. The van der Waals surface area contributed by atoms with Crippen LogP contribution < -0.4 is 0 Å². The molecule has 3 aliphatic heterocycles. The topological polar surface area (TPSA) is 100 Å². The van der Waals surface area contributed by atoms with E-state index in [-0.39, 0.29) is 24.3 Å². The highest BCUT2D eigenvalue weighted by atomic mass is 32.1. The van der Waals surface area contributed by atoms with Crippen molar-refractivity contribution < 1.29 is 19.1 Å². The number of aromatic nitrogens is 2. The van der Waals surface area contributed by atoms with Crippen LogP contribution in [-0.4, -0.2) is 68.0 Å². The lowest BCUT2D eigenvalue weighted by atomic mass is 10.0. The largest absolute Gasteiger partial charge is 0.444 e. The van der Waals surface area contributed by atoms with E-state index in [2.05, 4.69) is 41.4 Å². The van der Waals surface area contributed by atoms with Crippen molar-refractivity contribution in [2.45, 2.75) is 96.9 Å². The molecule has 0 aliphatic carbocycles. The molecule has 2 fully saturated rings. The van der Waals surface area contributed by atoms with E-state index in [1.807, 2.05) is 58.8 Å². The zero-order valence-electron chi connectivity index (χ0n) is 28.1. The van der Waals surface area contributed by atoms with E-state index in [1.54, 1.807) is 16.2 Å². The van der Waals surface area contributed by atoms with Crippen molar-refractivity contribution in [1.29, 1.82) is 0 Å². The highest BCUT2D eigenvalue weighted by Gasteiger charge is 2.37. The molecule has 2 atom stereocenters. The number of aliphatic imine (C=N–C) groups is 1. The summed E-state index contributed by atoms with van der Waals surface area (Å²) in [6.45, 7) is 12.8. The van der Waals surface area contributed by atoms with E-state index in [4.69, 9.17) is 19.5 Å². The van der Waals surface area contributed by atoms with E-state index in [0.717, 1.165) is 60.3 Å². The van der Waals surface area contributed by atoms with Crippen molar-refractivity contribution in [3.63, 3.8) is 0 Å². The zero-order valence-corrected chi connectivity index (χ0v) is 28.9. The summed E-state index contributed by atoms with van der Waals surface area (Å²) in [6.07, 6.45) is 7.69. The number of thiophene rings is 1. The fraction of sp³-hybridized carbons (Fsp3) is 0.459. The van der Waals surface area contributed by atoms with E-state index in [0.29, 0.717) is 13.1 Å². The number of allylic oxidation sites excluding steroid dienone is 1. The summed E-state index contributed by atoms with van der Waals surface area (Å²) in [7, 11) is 0. The molecule has 4 aromatic rings. The van der Waals surface area contributed by atoms with Crippen LogP contribution in [0, 0.1) is 0 Å². The van der Waals surface area contributed by atoms with Gasteiger partial charge in [0, 0.05) is 46.6 Å². The van der Waals surface area contributed by atoms with Gasteiger partial charge in [-0.15, -0.1) is 11.3 Å². The second-order valence-corrected chi connectivity index (χ2v) is 15.9. The van der Waals surface area contributed by atoms with Gasteiger partial charge >= 0.3 is 12.2 Å². The van der Waals surface area contributed by atoms with Crippen molar-refractivity contribution in [3.05, 3.63) is 59.5 Å². The number of hydrogen-bond acceptors (Lipinski definition) is 7. The van der Waals surface area contributed by atoms with Crippen LogP contribution in [0.4, 0.5) is 9.59 Å². The summed E-state index contributed by atoms with van der Waals surface area (Å²) < 4.78 is 12.6. The van der Waals surface area contributed by atoms with Crippen LogP contribution in [0.3, 0.4) is 0 Å². The number of carbonyl (C=O) groups is 2. The first-order valence-corrected chi connectivity index (χ1v) is 17.4. The number of nitrogens with zero attached hydrogens (tertiary/aromatic N) is 4. The molecule has 1 N–H and O–H groups in total. The first-order valence-electron chi connectivity index (χ1n) is 16.6. The minimum absolute atomic E-state index is 0.00993. The van der Waals surface area contributed by atoms with Gasteiger partial charge in [-0.05, 0) is 101 Å². The van der Waals surface area contributed by atoms with E-state index in [9.17, 15) is 9.59 Å². The Kier molecular flexibility index (Phi) is 7.89. The minimum Gasteiger partial charge on any atom is -0.444 e. The predicted molar refractivity (Wildman–Crippen MR) is 188 cm³/mol. The Hall–Kier alpha value is -4.18. The first-order chi connectivity index (χ1) is 22.3. The summed E-state index contributed by atoms with van der Waals surface area (Å²) in [6, 6.07) is 13.0. The number of nitrogens with one attached hydrogen (secondary N) is 1. The normalized spacial score (nSPS) is 20.3. The van der Waals surface area contributed by atoms with Crippen molar-refractivity contribution >= 4 is 55.7 Å². The van der Waals surface area contributed by atoms with Crippen LogP contribution in [0.15, 0.2) is 53.8 Å². The van der Waals surface area contributed by atoms with Gasteiger partial charge in [0.1, 0.15) is 17.0 Å². The number of benzene rings is 2. The predicted octanol–water partition coefficient (Wildman–Crippen LogP) is 9.10. The maximum Gasteiger partial charge on any atom is 0.410 e. The Morgan fingerprint density at radius 3 is 2.23 bits per heavy atom. The maximum atomic E-state index is 12.9. The quantitative estimate of drug-likeness (QED) is 0.237. The smallest absolute Gasteiger partial charge is 0.410 e. The van der Waals surface area contributed by atoms with Gasteiger partial charge in [0.25, 0.3) is 0 Å². The highest BCUT2D eigenvalue weighted by molar-refractivity contribution is 7.21. The number of aromatic amines is 1. The van der Waals surface area contributed by atoms with Gasteiger partial charge in [-0.25, -0.2) is 14.6 Å². The fourth-order valence-corrected chi connectivity index (χ4v) is 8.05. The molecule has 5 heterocycles. The number of rotatable bonds is 4. The van der Waals surface area contributed by atoms with E-state index >= 15 is 0 Å². The standard InChI is InChI=1S/C37H43N5O4S/c1-36(2,3)45-34(43)41-15-7-9-29(41)27-18-25(20-38-27)31-19-24-12-11-22-17-23(13-14-26(22)32(24)47-31)28-21-39-33(40-28)30-10-8-16-42(30)35(44)46-37(4,5)6/h11-14,17,19-21,29-30H,7-10,15-16,18H2,1-6H3,(H,39,40)/t29-,30-/m0/s1. The number of likely N-dealkylation sites (tertiary alicyclic amines) is 2. The molecule has 10 heteroatoms. The average Bonchev–Trinajstić information content (AvgIpc) is 3.82. The van der Waals surface area contributed by atoms with Crippen molar-refractivity contribution in [2.75, 3.05) is 13.1 Å².